The maximum absolute atomic E-state index is 9.11. The molecule has 0 radical (unpaired) electrons. The number of aryl methyl sites for hydroxylation is 1. The molecule has 2 atom stereocenters. The highest BCUT2D eigenvalue weighted by Crippen LogP contribution is 2.35. The molecule has 0 saturated carbocycles. The third-order valence-electron chi connectivity index (χ3n) is 5.08. The SMILES string of the molecule is CC1CCCc2c(-c3nc(CCCO)nn3C3CCSC3)cnn21. The Hall–Kier alpha value is -1.34. The van der Waals surface area contributed by atoms with Gasteiger partial charge >= 0.3 is 0 Å². The second kappa shape index (κ2) is 6.88. The second-order valence-corrected chi connectivity index (χ2v) is 7.98. The van der Waals surface area contributed by atoms with Gasteiger partial charge in [-0.2, -0.15) is 22.0 Å². The Balaban J connectivity index is 1.74. The molecule has 0 amide bonds. The lowest BCUT2D eigenvalue weighted by atomic mass is 10.0. The van der Waals surface area contributed by atoms with Crippen LogP contribution in [0.25, 0.3) is 11.4 Å². The summed E-state index contributed by atoms with van der Waals surface area (Å²) in [6, 6.07) is 0.895. The first kappa shape index (κ1) is 16.1. The molecule has 6 nitrogen and oxygen atoms in total. The number of thioether (sulfide) groups is 1. The van der Waals surface area contributed by atoms with E-state index in [1.807, 2.05) is 18.0 Å². The first-order valence-electron chi connectivity index (χ1n) is 8.98. The van der Waals surface area contributed by atoms with Crippen molar-refractivity contribution in [3.63, 3.8) is 0 Å². The molecule has 2 aromatic rings. The molecule has 2 aromatic heterocycles. The van der Waals surface area contributed by atoms with Crippen molar-refractivity contribution in [1.29, 1.82) is 0 Å². The Bertz CT molecular complexity index is 704. The van der Waals surface area contributed by atoms with Gasteiger partial charge in [-0.3, -0.25) is 4.68 Å². The molecule has 1 saturated heterocycles. The minimum Gasteiger partial charge on any atom is -0.396 e. The molecule has 0 spiro atoms. The van der Waals surface area contributed by atoms with E-state index in [1.54, 1.807) is 0 Å². The van der Waals surface area contributed by atoms with Crippen LogP contribution in [0, 0.1) is 0 Å². The van der Waals surface area contributed by atoms with Gasteiger partial charge in [0.15, 0.2) is 11.6 Å². The zero-order valence-electron chi connectivity index (χ0n) is 14.2. The molecule has 0 aliphatic carbocycles. The topological polar surface area (TPSA) is 68.8 Å². The molecule has 24 heavy (non-hydrogen) atoms. The van der Waals surface area contributed by atoms with Gasteiger partial charge in [-0.1, -0.05) is 0 Å². The van der Waals surface area contributed by atoms with E-state index in [9.17, 15) is 0 Å². The highest BCUT2D eigenvalue weighted by molar-refractivity contribution is 7.99. The third-order valence-corrected chi connectivity index (χ3v) is 6.22. The average molecular weight is 347 g/mol. The fraction of sp³-hybridized carbons (Fsp3) is 0.706. The zero-order valence-corrected chi connectivity index (χ0v) is 15.0. The number of fused-ring (bicyclic) bond motifs is 1. The van der Waals surface area contributed by atoms with Crippen LogP contribution in [0.4, 0.5) is 0 Å². The summed E-state index contributed by atoms with van der Waals surface area (Å²) in [7, 11) is 0. The smallest absolute Gasteiger partial charge is 0.162 e. The fourth-order valence-electron chi connectivity index (χ4n) is 3.75. The molecule has 4 rings (SSSR count). The number of aliphatic hydroxyl groups is 1. The average Bonchev–Trinajstić information content (AvgIpc) is 3.31. The maximum atomic E-state index is 9.11. The van der Waals surface area contributed by atoms with Gasteiger partial charge in [-0.15, -0.1) is 0 Å². The van der Waals surface area contributed by atoms with E-state index in [1.165, 1.54) is 24.3 Å². The van der Waals surface area contributed by atoms with Gasteiger partial charge in [-0.05, 0) is 44.8 Å². The molecule has 7 heteroatoms. The highest BCUT2D eigenvalue weighted by atomic mass is 32.2. The van der Waals surface area contributed by atoms with Crippen molar-refractivity contribution in [2.24, 2.45) is 0 Å². The molecule has 0 bridgehead atoms. The summed E-state index contributed by atoms with van der Waals surface area (Å²) in [6.07, 6.45) is 8.06. The lowest BCUT2D eigenvalue weighted by Crippen LogP contribution is -2.17. The van der Waals surface area contributed by atoms with Crippen molar-refractivity contribution >= 4 is 11.8 Å². The number of hydrogen-bond acceptors (Lipinski definition) is 5. The van der Waals surface area contributed by atoms with Crippen molar-refractivity contribution in [2.75, 3.05) is 18.1 Å². The van der Waals surface area contributed by atoms with Gasteiger partial charge in [0.05, 0.1) is 17.8 Å². The number of nitrogens with zero attached hydrogens (tertiary/aromatic N) is 5. The van der Waals surface area contributed by atoms with Gasteiger partial charge in [0.25, 0.3) is 0 Å². The van der Waals surface area contributed by atoms with Crippen LogP contribution in [0.1, 0.15) is 56.2 Å². The lowest BCUT2D eigenvalue weighted by Gasteiger charge is -2.22. The zero-order chi connectivity index (χ0) is 16.5. The van der Waals surface area contributed by atoms with E-state index in [0.717, 1.165) is 42.2 Å². The van der Waals surface area contributed by atoms with Crippen LogP contribution in [0.15, 0.2) is 6.20 Å². The molecule has 2 aliphatic heterocycles. The van der Waals surface area contributed by atoms with Crippen LogP contribution in [-0.4, -0.2) is 47.8 Å². The van der Waals surface area contributed by atoms with E-state index in [0.29, 0.717) is 18.5 Å². The van der Waals surface area contributed by atoms with Crippen LogP contribution in [0.2, 0.25) is 0 Å². The summed E-state index contributed by atoms with van der Waals surface area (Å²) in [5.74, 6) is 4.12. The summed E-state index contributed by atoms with van der Waals surface area (Å²) >= 11 is 1.99. The number of hydrogen-bond donors (Lipinski definition) is 1. The van der Waals surface area contributed by atoms with E-state index in [2.05, 4.69) is 21.4 Å². The van der Waals surface area contributed by atoms with Crippen LogP contribution >= 0.6 is 11.8 Å². The highest BCUT2D eigenvalue weighted by Gasteiger charge is 2.28. The number of aliphatic hydroxyl groups excluding tert-OH is 1. The summed E-state index contributed by atoms with van der Waals surface area (Å²) in [6.45, 7) is 2.42. The third kappa shape index (κ3) is 2.88. The van der Waals surface area contributed by atoms with Gasteiger partial charge < -0.3 is 5.11 Å². The quantitative estimate of drug-likeness (QED) is 0.900. The van der Waals surface area contributed by atoms with Crippen molar-refractivity contribution in [3.8, 4) is 11.4 Å². The Morgan fingerprint density at radius 2 is 2.25 bits per heavy atom. The molecular weight excluding hydrogens is 322 g/mol. The molecule has 1 N–H and O–H groups in total. The summed E-state index contributed by atoms with van der Waals surface area (Å²) < 4.78 is 4.32. The van der Waals surface area contributed by atoms with Crippen molar-refractivity contribution < 1.29 is 5.11 Å². The molecule has 130 valence electrons. The van der Waals surface area contributed by atoms with Gasteiger partial charge in [0.1, 0.15) is 0 Å². The van der Waals surface area contributed by atoms with Crippen LogP contribution in [0.5, 0.6) is 0 Å². The van der Waals surface area contributed by atoms with E-state index < -0.39 is 0 Å². The molecule has 0 aromatic carbocycles. The van der Waals surface area contributed by atoms with Crippen molar-refractivity contribution in [3.05, 3.63) is 17.7 Å². The van der Waals surface area contributed by atoms with E-state index in [4.69, 9.17) is 15.2 Å². The van der Waals surface area contributed by atoms with E-state index in [-0.39, 0.29) is 6.61 Å². The molecular formula is C17H25N5OS. The minimum atomic E-state index is 0.184. The molecule has 1 fully saturated rings. The normalized spacial score (nSPS) is 23.6. The predicted octanol–water partition coefficient (Wildman–Crippen LogP) is 2.64. The maximum Gasteiger partial charge on any atom is 0.162 e. The number of rotatable bonds is 5. The van der Waals surface area contributed by atoms with Crippen molar-refractivity contribution in [1.82, 2.24) is 24.5 Å². The van der Waals surface area contributed by atoms with Crippen LogP contribution in [0.3, 0.4) is 0 Å². The fourth-order valence-corrected chi connectivity index (χ4v) is 4.94. The second-order valence-electron chi connectivity index (χ2n) is 6.83. The first-order chi connectivity index (χ1) is 11.8. The molecule has 2 unspecified atom stereocenters. The van der Waals surface area contributed by atoms with Crippen molar-refractivity contribution in [2.45, 2.75) is 57.5 Å². The first-order valence-corrected chi connectivity index (χ1v) is 10.1. The Morgan fingerprint density at radius 1 is 1.33 bits per heavy atom. The molecule has 2 aliphatic rings. The van der Waals surface area contributed by atoms with Crippen LogP contribution in [-0.2, 0) is 12.8 Å². The Morgan fingerprint density at radius 3 is 3.04 bits per heavy atom. The van der Waals surface area contributed by atoms with Crippen LogP contribution < -0.4 is 0 Å². The standard InChI is InChI=1S/C17H25N5OS/c1-12-4-2-5-15-14(10-18-21(12)15)17-19-16(6-3-8-23)20-22(17)13-7-9-24-11-13/h10,12-13,23H,2-9,11H2,1H3. The lowest BCUT2D eigenvalue weighted by molar-refractivity contribution is 0.287. The monoisotopic (exact) mass is 347 g/mol. The van der Waals surface area contributed by atoms with E-state index >= 15 is 0 Å². The minimum absolute atomic E-state index is 0.184. The van der Waals surface area contributed by atoms with Gasteiger partial charge in [0.2, 0.25) is 0 Å². The predicted molar refractivity (Wildman–Crippen MR) is 95.3 cm³/mol. The summed E-state index contributed by atoms with van der Waals surface area (Å²) in [4.78, 5) is 4.85. The molecule has 4 heterocycles. The summed E-state index contributed by atoms with van der Waals surface area (Å²) in [5.41, 5.74) is 2.46. The summed E-state index contributed by atoms with van der Waals surface area (Å²) in [5, 5.41) is 18.5. The van der Waals surface area contributed by atoms with Gasteiger partial charge in [0, 0.05) is 30.5 Å². The number of aromatic nitrogens is 5. The van der Waals surface area contributed by atoms with Gasteiger partial charge in [-0.25, -0.2) is 9.67 Å². The Kier molecular flexibility index (Phi) is 4.63. The Labute approximate surface area is 146 Å². The largest absolute Gasteiger partial charge is 0.396 e.